The Labute approximate surface area is 218 Å². The fraction of sp³-hybridized carbons (Fsp3) is 0.630. The lowest BCUT2D eigenvalue weighted by Gasteiger charge is -2.26. The van der Waals surface area contributed by atoms with Gasteiger partial charge >= 0.3 is 5.97 Å². The summed E-state index contributed by atoms with van der Waals surface area (Å²) in [5.41, 5.74) is 0.297. The van der Waals surface area contributed by atoms with Crippen molar-refractivity contribution in [3.05, 3.63) is 35.9 Å². The number of ether oxygens (including phenoxy) is 1. The average Bonchev–Trinajstić information content (AvgIpc) is 3.61. The molecule has 202 valence electrons. The molecule has 1 aromatic rings. The number of nitrogens with one attached hydrogen (secondary N) is 3. The van der Waals surface area contributed by atoms with Crippen LogP contribution >= 0.6 is 0 Å². The summed E-state index contributed by atoms with van der Waals surface area (Å²) >= 11 is 0. The van der Waals surface area contributed by atoms with Crippen molar-refractivity contribution < 1.29 is 23.9 Å². The summed E-state index contributed by atoms with van der Waals surface area (Å²) in [5.74, 6) is -2.03. The van der Waals surface area contributed by atoms with Crippen LogP contribution in [0.5, 0.6) is 0 Å². The van der Waals surface area contributed by atoms with Crippen LogP contribution in [0.3, 0.4) is 0 Å². The van der Waals surface area contributed by atoms with Crippen LogP contribution in [0.15, 0.2) is 40.6 Å². The van der Waals surface area contributed by atoms with Crippen molar-refractivity contribution in [2.24, 2.45) is 16.1 Å². The summed E-state index contributed by atoms with van der Waals surface area (Å²) < 4.78 is 5.74. The Bertz CT molecular complexity index is 992. The largest absolute Gasteiger partial charge is 0.460 e. The molecule has 3 amide bonds. The van der Waals surface area contributed by atoms with Gasteiger partial charge in [0.1, 0.15) is 24.2 Å². The Kier molecular flexibility index (Phi) is 9.77. The second-order valence-corrected chi connectivity index (χ2v) is 10.4. The van der Waals surface area contributed by atoms with Gasteiger partial charge in [0.15, 0.2) is 5.66 Å². The lowest BCUT2D eigenvalue weighted by Crippen LogP contribution is -2.56. The van der Waals surface area contributed by atoms with Gasteiger partial charge in [-0.2, -0.15) is 10.2 Å². The Morgan fingerprint density at radius 2 is 1.70 bits per heavy atom. The topological polar surface area (TPSA) is 138 Å². The van der Waals surface area contributed by atoms with E-state index in [1.54, 1.807) is 6.92 Å². The first kappa shape index (κ1) is 28.3. The van der Waals surface area contributed by atoms with Crippen molar-refractivity contribution >= 4 is 23.7 Å². The molecular formula is C27H39N5O5. The molecule has 1 saturated heterocycles. The average molecular weight is 514 g/mol. The van der Waals surface area contributed by atoms with E-state index in [9.17, 15) is 19.2 Å². The third-order valence-corrected chi connectivity index (χ3v) is 6.93. The van der Waals surface area contributed by atoms with Gasteiger partial charge in [-0.05, 0) is 44.6 Å². The smallest absolute Gasteiger partial charge is 0.328 e. The Hall–Kier alpha value is -3.30. The molecule has 37 heavy (non-hydrogen) atoms. The summed E-state index contributed by atoms with van der Waals surface area (Å²) in [6, 6.07) is 6.50. The van der Waals surface area contributed by atoms with Crippen LogP contribution < -0.4 is 16.0 Å². The van der Waals surface area contributed by atoms with Crippen molar-refractivity contribution in [2.75, 3.05) is 0 Å². The quantitative estimate of drug-likeness (QED) is 0.436. The molecule has 0 radical (unpaired) electrons. The molecular weight excluding hydrogens is 474 g/mol. The van der Waals surface area contributed by atoms with Crippen molar-refractivity contribution in [3.63, 3.8) is 0 Å². The first-order valence-electron chi connectivity index (χ1n) is 13.2. The number of hydrogen-bond donors (Lipinski definition) is 3. The minimum Gasteiger partial charge on any atom is -0.460 e. The SMILES string of the molecule is CCCC[C@H](C)[C@@H]1CC(=O)N[C@H](CCC2(C)N=N2)C(=O)N[C@@H](Cc2ccccc2)C(=O)N[C@@H](C)C(=O)O1. The van der Waals surface area contributed by atoms with E-state index in [0.29, 0.717) is 12.8 Å². The molecule has 3 N–H and O–H groups in total. The number of unbranched alkanes of at least 4 members (excludes halogenated alkanes) is 1. The molecule has 3 rings (SSSR count). The van der Waals surface area contributed by atoms with Gasteiger partial charge in [0.2, 0.25) is 17.7 Å². The van der Waals surface area contributed by atoms with E-state index in [2.05, 4.69) is 33.1 Å². The number of rotatable bonds is 9. The van der Waals surface area contributed by atoms with Gasteiger partial charge in [-0.25, -0.2) is 4.79 Å². The summed E-state index contributed by atoms with van der Waals surface area (Å²) in [7, 11) is 0. The van der Waals surface area contributed by atoms with Gasteiger partial charge in [-0.3, -0.25) is 14.4 Å². The number of cyclic esters (lactones) is 1. The highest BCUT2D eigenvalue weighted by atomic mass is 16.5. The third kappa shape index (κ3) is 8.65. The first-order chi connectivity index (χ1) is 17.6. The minimum atomic E-state index is -0.949. The number of hydrogen-bond acceptors (Lipinski definition) is 7. The molecule has 2 aliphatic heterocycles. The maximum absolute atomic E-state index is 13.4. The van der Waals surface area contributed by atoms with Crippen LogP contribution in [0.1, 0.15) is 71.8 Å². The standard InChI is InChI=1S/C27H39N5O5/c1-5-6-10-17(2)22-16-23(33)29-20(13-14-27(4)31-32-27)24(34)30-21(15-19-11-8-7-9-12-19)25(35)28-18(3)26(36)37-22/h7-9,11-12,17-18,20-22H,5-6,10,13-16H2,1-4H3,(H,28,35)(H,29,33)(H,30,34)/t17-,18-,20+,21-,22-/m0/s1. The second-order valence-electron chi connectivity index (χ2n) is 10.4. The second kappa shape index (κ2) is 12.8. The zero-order valence-electron chi connectivity index (χ0n) is 22.2. The van der Waals surface area contributed by atoms with Gasteiger partial charge in [0, 0.05) is 6.42 Å². The molecule has 0 saturated carbocycles. The van der Waals surface area contributed by atoms with E-state index >= 15 is 0 Å². The summed E-state index contributed by atoms with van der Waals surface area (Å²) in [6.45, 7) is 7.41. The Morgan fingerprint density at radius 1 is 1.03 bits per heavy atom. The van der Waals surface area contributed by atoms with E-state index in [1.807, 2.05) is 44.2 Å². The maximum Gasteiger partial charge on any atom is 0.328 e. The number of nitrogens with zero attached hydrogens (tertiary/aromatic N) is 2. The predicted molar refractivity (Wildman–Crippen MR) is 137 cm³/mol. The zero-order valence-corrected chi connectivity index (χ0v) is 22.2. The van der Waals surface area contributed by atoms with Crippen molar-refractivity contribution in [2.45, 2.75) is 103 Å². The predicted octanol–water partition coefficient (Wildman–Crippen LogP) is 2.81. The van der Waals surface area contributed by atoms with Crippen molar-refractivity contribution in [1.29, 1.82) is 0 Å². The highest BCUT2D eigenvalue weighted by Gasteiger charge is 2.37. The van der Waals surface area contributed by atoms with Gasteiger partial charge in [-0.1, -0.05) is 57.0 Å². The first-order valence-corrected chi connectivity index (χ1v) is 13.2. The van der Waals surface area contributed by atoms with Gasteiger partial charge < -0.3 is 20.7 Å². The molecule has 0 aliphatic carbocycles. The lowest BCUT2D eigenvalue weighted by molar-refractivity contribution is -0.156. The van der Waals surface area contributed by atoms with E-state index in [1.165, 1.54) is 0 Å². The minimum absolute atomic E-state index is 0.0660. The maximum atomic E-state index is 13.4. The summed E-state index contributed by atoms with van der Waals surface area (Å²) in [4.78, 5) is 52.6. The number of benzene rings is 1. The molecule has 5 atom stereocenters. The Morgan fingerprint density at radius 3 is 2.35 bits per heavy atom. The van der Waals surface area contributed by atoms with E-state index in [-0.39, 0.29) is 24.7 Å². The monoisotopic (exact) mass is 513 g/mol. The van der Waals surface area contributed by atoms with Crippen LogP contribution in [-0.4, -0.2) is 53.6 Å². The third-order valence-electron chi connectivity index (χ3n) is 6.93. The lowest BCUT2D eigenvalue weighted by atomic mass is 9.95. The molecule has 10 nitrogen and oxygen atoms in total. The Balaban J connectivity index is 1.86. The molecule has 1 aromatic carbocycles. The van der Waals surface area contributed by atoms with Crippen molar-refractivity contribution in [3.8, 4) is 0 Å². The number of carbonyl (C=O) groups is 4. The highest BCUT2D eigenvalue weighted by molar-refractivity contribution is 5.94. The van der Waals surface area contributed by atoms with E-state index < -0.39 is 47.7 Å². The molecule has 1 fully saturated rings. The molecule has 2 aliphatic rings. The number of esters is 1. The molecule has 10 heteroatoms. The highest BCUT2D eigenvalue weighted by Crippen LogP contribution is 2.32. The van der Waals surface area contributed by atoms with Crippen LogP contribution in [0.4, 0.5) is 0 Å². The van der Waals surface area contributed by atoms with Gasteiger partial charge in [0.05, 0.1) is 6.42 Å². The molecule has 2 heterocycles. The summed E-state index contributed by atoms with van der Waals surface area (Å²) in [6.07, 6.45) is 2.95. The van der Waals surface area contributed by atoms with Crippen molar-refractivity contribution in [1.82, 2.24) is 16.0 Å². The molecule has 0 unspecified atom stereocenters. The molecule has 0 bridgehead atoms. The molecule has 0 spiro atoms. The fourth-order valence-electron chi connectivity index (χ4n) is 4.33. The normalized spacial score (nSPS) is 26.9. The van der Waals surface area contributed by atoms with Gasteiger partial charge in [-0.15, -0.1) is 0 Å². The number of carbonyl (C=O) groups excluding carboxylic acids is 4. The van der Waals surface area contributed by atoms with Crippen LogP contribution in [0, 0.1) is 5.92 Å². The van der Waals surface area contributed by atoms with E-state index in [0.717, 1.165) is 24.8 Å². The van der Waals surface area contributed by atoms with E-state index in [4.69, 9.17) is 4.74 Å². The fourth-order valence-corrected chi connectivity index (χ4v) is 4.33. The van der Waals surface area contributed by atoms with Gasteiger partial charge in [0.25, 0.3) is 0 Å². The zero-order chi connectivity index (χ0) is 27.0. The molecule has 0 aromatic heterocycles. The number of amides is 3. The van der Waals surface area contributed by atoms with Crippen LogP contribution in [0.2, 0.25) is 0 Å². The van der Waals surface area contributed by atoms with Crippen LogP contribution in [0.25, 0.3) is 0 Å². The summed E-state index contributed by atoms with van der Waals surface area (Å²) in [5, 5.41) is 16.3. The van der Waals surface area contributed by atoms with Crippen LogP contribution in [-0.2, 0) is 30.3 Å².